The summed E-state index contributed by atoms with van der Waals surface area (Å²) < 4.78 is 0. The molecule has 0 aliphatic carbocycles. The molecule has 13 nitrogen and oxygen atoms in total. The quantitative estimate of drug-likeness (QED) is 0.110. The van der Waals surface area contributed by atoms with E-state index < -0.39 is 53.4 Å². The minimum atomic E-state index is -1.40. The van der Waals surface area contributed by atoms with Crippen LogP contribution in [0.4, 0.5) is 0 Å². The van der Waals surface area contributed by atoms with E-state index in [4.69, 9.17) is 17.2 Å². The molecule has 0 bridgehead atoms. The number of hydrogen-bond acceptors (Lipinski definition) is 8. The fourth-order valence-electron chi connectivity index (χ4n) is 5.86. The molecular weight excluding hydrogens is 733 g/mol. The number of rotatable bonds is 18. The van der Waals surface area contributed by atoms with Gasteiger partial charge in [-0.2, -0.15) is 0 Å². The number of piperidine rings is 1. The number of hydrogen-bond donors (Lipinski definition) is 7. The van der Waals surface area contributed by atoms with Crippen molar-refractivity contribution in [3.63, 3.8) is 0 Å². The van der Waals surface area contributed by atoms with Gasteiger partial charge in [-0.15, -0.1) is 37.2 Å². The maximum absolute atomic E-state index is 13.9. The van der Waals surface area contributed by atoms with E-state index in [0.29, 0.717) is 25.8 Å². The Labute approximate surface area is 325 Å². The number of carbonyl (C=O) groups is 5. The van der Waals surface area contributed by atoms with Gasteiger partial charge in [-0.05, 0) is 68.5 Å². The fourth-order valence-corrected chi connectivity index (χ4v) is 5.86. The molecule has 0 saturated carbocycles. The number of carboxylic acids is 1. The van der Waals surface area contributed by atoms with Crippen molar-refractivity contribution in [2.75, 3.05) is 19.6 Å². The molecule has 4 amide bonds. The van der Waals surface area contributed by atoms with Crippen LogP contribution >= 0.6 is 37.2 Å². The second-order valence-electron chi connectivity index (χ2n) is 13.4. The Kier molecular flexibility index (Phi) is 22.4. The van der Waals surface area contributed by atoms with Gasteiger partial charge in [-0.3, -0.25) is 24.0 Å². The van der Waals surface area contributed by atoms with Crippen molar-refractivity contribution in [2.24, 2.45) is 23.1 Å². The van der Waals surface area contributed by atoms with Crippen LogP contribution in [0.2, 0.25) is 0 Å². The highest BCUT2D eigenvalue weighted by atomic mass is 35.5. The number of aliphatic carboxylic acids is 1. The minimum absolute atomic E-state index is 0. The molecule has 16 heteroatoms. The lowest BCUT2D eigenvalue weighted by Crippen LogP contribution is -2.60. The molecule has 0 unspecified atom stereocenters. The third kappa shape index (κ3) is 15.3. The molecule has 2 aromatic rings. The molecule has 3 rings (SSSR count). The van der Waals surface area contributed by atoms with Gasteiger partial charge < -0.3 is 43.2 Å². The molecule has 4 atom stereocenters. The molecule has 1 aliphatic heterocycles. The summed E-state index contributed by atoms with van der Waals surface area (Å²) in [7, 11) is 0. The van der Waals surface area contributed by atoms with Crippen molar-refractivity contribution in [3.8, 4) is 0 Å². The predicted molar refractivity (Wildman–Crippen MR) is 209 cm³/mol. The van der Waals surface area contributed by atoms with Crippen molar-refractivity contribution in [1.82, 2.24) is 20.9 Å². The highest BCUT2D eigenvalue weighted by Gasteiger charge is 2.40. The van der Waals surface area contributed by atoms with Gasteiger partial charge in [0.2, 0.25) is 23.6 Å². The summed E-state index contributed by atoms with van der Waals surface area (Å²) in [6.07, 6.45) is 2.44. The van der Waals surface area contributed by atoms with Gasteiger partial charge in [0.1, 0.15) is 23.7 Å². The van der Waals surface area contributed by atoms with E-state index in [2.05, 4.69) is 16.0 Å². The van der Waals surface area contributed by atoms with E-state index in [-0.39, 0.29) is 94.2 Å². The second-order valence-corrected chi connectivity index (χ2v) is 13.4. The normalized spacial score (nSPS) is 15.6. The van der Waals surface area contributed by atoms with E-state index >= 15 is 0 Å². The summed E-state index contributed by atoms with van der Waals surface area (Å²) in [5.41, 5.74) is 18.2. The fraction of sp³-hybridized carbons (Fsp3) is 0.528. The molecule has 0 spiro atoms. The first-order chi connectivity index (χ1) is 23.3. The summed E-state index contributed by atoms with van der Waals surface area (Å²) in [6, 6.07) is 14.7. The minimum Gasteiger partial charge on any atom is -0.480 e. The molecule has 1 heterocycles. The molecule has 1 aliphatic rings. The van der Waals surface area contributed by atoms with Gasteiger partial charge in [0.05, 0.1) is 6.04 Å². The molecule has 1 saturated heterocycles. The third-order valence-corrected chi connectivity index (χ3v) is 8.85. The highest BCUT2D eigenvalue weighted by molar-refractivity contribution is 5.95. The first kappa shape index (κ1) is 48.5. The topological polar surface area (TPSA) is 223 Å². The molecule has 1 fully saturated rings. The largest absolute Gasteiger partial charge is 0.480 e. The number of amides is 4. The zero-order valence-corrected chi connectivity index (χ0v) is 32.3. The van der Waals surface area contributed by atoms with E-state index in [1.807, 2.05) is 74.5 Å². The predicted octanol–water partition coefficient (Wildman–Crippen LogP) is 2.10. The number of nitrogens with one attached hydrogen (secondary N) is 3. The van der Waals surface area contributed by atoms with Crippen LogP contribution in [0.3, 0.4) is 0 Å². The summed E-state index contributed by atoms with van der Waals surface area (Å²) in [5.74, 6) is -3.04. The van der Waals surface area contributed by atoms with Crippen LogP contribution in [-0.4, -0.2) is 88.9 Å². The lowest BCUT2D eigenvalue weighted by atomic mass is 9.88. The average Bonchev–Trinajstić information content (AvgIpc) is 3.07. The van der Waals surface area contributed by atoms with E-state index in [0.717, 1.165) is 11.1 Å². The monoisotopic (exact) mass is 787 g/mol. The lowest BCUT2D eigenvalue weighted by Gasteiger charge is -2.38. The highest BCUT2D eigenvalue weighted by Crippen LogP contribution is 2.21. The standard InChI is InChI=1S/C36H53N7O6.3ClH/c1-24(2)21-29(32(45)40-28(15-9-10-18-37)34(47)43-19-16-36(39,17-20-43)35(48)49)42-33(46)30(23-26-13-7-4-8-14-26)41-31(44)27(38)22-25-11-5-3-6-12-25;;;/h3-8,11-14,24,27-30H,9-10,15-23,37-39H2,1-2H3,(H,40,45)(H,41,44)(H,42,46)(H,48,49);3*1H/t27-,28-,29-,30-;;;/m1.../s1. The summed E-state index contributed by atoms with van der Waals surface area (Å²) in [5, 5.41) is 18.0. The number of unbranched alkanes of at least 4 members (excludes halogenated alkanes) is 1. The number of carbonyl (C=O) groups excluding carboxylic acids is 4. The number of likely N-dealkylation sites (tertiary alicyclic amines) is 1. The van der Waals surface area contributed by atoms with Crippen LogP contribution in [0.1, 0.15) is 63.5 Å². The lowest BCUT2D eigenvalue weighted by molar-refractivity contribution is -0.148. The molecule has 0 aromatic heterocycles. The Morgan fingerprint density at radius 3 is 1.73 bits per heavy atom. The third-order valence-electron chi connectivity index (χ3n) is 8.85. The van der Waals surface area contributed by atoms with E-state index in [1.165, 1.54) is 4.90 Å². The van der Waals surface area contributed by atoms with E-state index in [1.54, 1.807) is 0 Å². The van der Waals surface area contributed by atoms with Crippen LogP contribution in [0.5, 0.6) is 0 Å². The zero-order valence-electron chi connectivity index (χ0n) is 29.8. The second kappa shape index (κ2) is 24.0. The Morgan fingerprint density at radius 2 is 1.23 bits per heavy atom. The number of halogens is 3. The number of nitrogens with two attached hydrogens (primary N) is 3. The summed E-state index contributed by atoms with van der Waals surface area (Å²) in [6.45, 7) is 4.53. The van der Waals surface area contributed by atoms with Crippen molar-refractivity contribution in [3.05, 3.63) is 71.8 Å². The first-order valence-corrected chi connectivity index (χ1v) is 17.1. The van der Waals surface area contributed by atoms with Gasteiger partial charge in [0.25, 0.3) is 0 Å². The van der Waals surface area contributed by atoms with Crippen molar-refractivity contribution in [1.29, 1.82) is 0 Å². The average molecular weight is 789 g/mol. The SMILES string of the molecule is CC(C)C[C@@H](NC(=O)[C@@H](Cc1ccccc1)NC(=O)[C@H](N)Cc1ccccc1)C(=O)N[C@H](CCCCN)C(=O)N1CCC(N)(C(=O)O)CC1.Cl.Cl.Cl. The molecular formula is C36H56Cl3N7O6. The Morgan fingerprint density at radius 1 is 0.750 bits per heavy atom. The van der Waals surface area contributed by atoms with Crippen molar-refractivity contribution in [2.45, 2.75) is 94.9 Å². The van der Waals surface area contributed by atoms with Crippen LogP contribution in [0, 0.1) is 5.92 Å². The molecule has 10 N–H and O–H groups in total. The number of carboxylic acid groups (broad SMARTS) is 1. The molecule has 0 radical (unpaired) electrons. The Bertz CT molecular complexity index is 1400. The van der Waals surface area contributed by atoms with Crippen molar-refractivity contribution < 1.29 is 29.1 Å². The van der Waals surface area contributed by atoms with Gasteiger partial charge >= 0.3 is 5.97 Å². The molecule has 52 heavy (non-hydrogen) atoms. The Hall–Kier alpha value is -3.46. The van der Waals surface area contributed by atoms with E-state index in [9.17, 15) is 29.1 Å². The van der Waals surface area contributed by atoms with Gasteiger partial charge in [0.15, 0.2) is 0 Å². The molecule has 2 aromatic carbocycles. The first-order valence-electron chi connectivity index (χ1n) is 17.1. The van der Waals surface area contributed by atoms with Gasteiger partial charge in [-0.1, -0.05) is 74.5 Å². The smallest absolute Gasteiger partial charge is 0.323 e. The number of benzene rings is 2. The van der Waals surface area contributed by atoms with Gasteiger partial charge in [0, 0.05) is 19.5 Å². The van der Waals surface area contributed by atoms with Crippen LogP contribution in [-0.2, 0) is 36.8 Å². The van der Waals surface area contributed by atoms with Crippen LogP contribution < -0.4 is 33.2 Å². The number of nitrogens with zero attached hydrogens (tertiary/aromatic N) is 1. The Balaban J connectivity index is 0.00000867. The molecule has 292 valence electrons. The van der Waals surface area contributed by atoms with Crippen LogP contribution in [0.25, 0.3) is 0 Å². The van der Waals surface area contributed by atoms with Crippen molar-refractivity contribution >= 4 is 66.8 Å². The maximum atomic E-state index is 13.9. The summed E-state index contributed by atoms with van der Waals surface area (Å²) in [4.78, 5) is 67.7. The summed E-state index contributed by atoms with van der Waals surface area (Å²) >= 11 is 0. The zero-order chi connectivity index (χ0) is 36.0. The maximum Gasteiger partial charge on any atom is 0.323 e. The van der Waals surface area contributed by atoms with Gasteiger partial charge in [-0.25, -0.2) is 0 Å². The van der Waals surface area contributed by atoms with Crippen LogP contribution in [0.15, 0.2) is 60.7 Å².